The van der Waals surface area contributed by atoms with Crippen LogP contribution >= 0.6 is 0 Å². The zero-order valence-corrected chi connectivity index (χ0v) is 10.7. The number of nitrogens with two attached hydrogens (primary N) is 1. The van der Waals surface area contributed by atoms with E-state index in [0.29, 0.717) is 17.8 Å². The van der Waals surface area contributed by atoms with E-state index in [-0.39, 0.29) is 5.91 Å². The van der Waals surface area contributed by atoms with Gasteiger partial charge in [-0.2, -0.15) is 0 Å². The number of benzene rings is 1. The Hall–Kier alpha value is -2.50. The minimum atomic E-state index is -0.138. The van der Waals surface area contributed by atoms with Crippen LogP contribution in [-0.4, -0.2) is 29.5 Å². The Bertz CT molecular complexity index is 550. The summed E-state index contributed by atoms with van der Waals surface area (Å²) in [6.45, 7) is 0.668. The molecule has 6 heteroatoms. The predicted octanol–water partition coefficient (Wildman–Crippen LogP) is 1.01. The minimum Gasteiger partial charge on any atom is -0.399 e. The molecule has 0 fully saturated rings. The smallest absolute Gasteiger partial charge is 0.253 e. The lowest BCUT2D eigenvalue weighted by Gasteiger charge is -2.11. The van der Waals surface area contributed by atoms with Crippen LogP contribution in [0.2, 0.25) is 0 Å². The van der Waals surface area contributed by atoms with Crippen molar-refractivity contribution in [3.63, 3.8) is 0 Å². The van der Waals surface area contributed by atoms with E-state index in [1.54, 1.807) is 37.6 Å². The van der Waals surface area contributed by atoms with Gasteiger partial charge in [0.05, 0.1) is 5.56 Å². The van der Waals surface area contributed by atoms with E-state index in [1.807, 2.05) is 0 Å². The lowest BCUT2D eigenvalue weighted by atomic mass is 10.1. The van der Waals surface area contributed by atoms with E-state index in [0.717, 1.165) is 17.9 Å². The molecule has 0 aliphatic carbocycles. The number of carbonyl (C=O) groups is 1. The largest absolute Gasteiger partial charge is 0.399 e. The number of nitrogen functional groups attached to an aromatic ring is 1. The van der Waals surface area contributed by atoms with Crippen LogP contribution in [0.5, 0.6) is 0 Å². The number of aromatic nitrogens is 2. The topological polar surface area (TPSA) is 95.8 Å². The van der Waals surface area contributed by atoms with Crippen LogP contribution in [0.15, 0.2) is 30.6 Å². The molecule has 1 aromatic carbocycles. The van der Waals surface area contributed by atoms with Crippen molar-refractivity contribution in [3.8, 4) is 0 Å². The Kier molecular flexibility index (Phi) is 4.02. The molecule has 2 rings (SSSR count). The van der Waals surface area contributed by atoms with Crippen LogP contribution in [0.3, 0.4) is 0 Å². The van der Waals surface area contributed by atoms with Gasteiger partial charge in [0.1, 0.15) is 5.82 Å². The summed E-state index contributed by atoms with van der Waals surface area (Å²) < 4.78 is 0. The van der Waals surface area contributed by atoms with Gasteiger partial charge in [0.2, 0.25) is 0 Å². The van der Waals surface area contributed by atoms with Crippen molar-refractivity contribution in [2.45, 2.75) is 6.42 Å². The van der Waals surface area contributed by atoms with Crippen LogP contribution in [0.4, 0.5) is 11.4 Å². The maximum absolute atomic E-state index is 11.7. The molecule has 0 atom stereocenters. The zero-order chi connectivity index (χ0) is 13.7. The molecule has 0 aliphatic heterocycles. The van der Waals surface area contributed by atoms with Gasteiger partial charge in [0.25, 0.3) is 5.91 Å². The molecule has 5 N–H and O–H groups in total. The van der Waals surface area contributed by atoms with Crippen LogP contribution in [0, 0.1) is 0 Å². The number of nitrogens with zero attached hydrogens (tertiary/aromatic N) is 1. The summed E-state index contributed by atoms with van der Waals surface area (Å²) in [5.41, 5.74) is 7.67. The second-order valence-corrected chi connectivity index (χ2v) is 4.10. The van der Waals surface area contributed by atoms with Crippen LogP contribution in [0.25, 0.3) is 0 Å². The molecule has 0 bridgehead atoms. The minimum absolute atomic E-state index is 0.138. The summed E-state index contributed by atoms with van der Waals surface area (Å²) in [6, 6.07) is 5.18. The van der Waals surface area contributed by atoms with Crippen LogP contribution in [0.1, 0.15) is 16.2 Å². The maximum Gasteiger partial charge on any atom is 0.253 e. The molecule has 0 aliphatic rings. The lowest BCUT2D eigenvalue weighted by Crippen LogP contribution is -2.20. The molecule has 0 spiro atoms. The fourth-order valence-electron chi connectivity index (χ4n) is 1.79. The monoisotopic (exact) mass is 259 g/mol. The first-order chi connectivity index (χ1) is 9.20. The van der Waals surface area contributed by atoms with Gasteiger partial charge in [0.15, 0.2) is 0 Å². The number of H-pyrrole nitrogens is 1. The van der Waals surface area contributed by atoms with Crippen molar-refractivity contribution in [2.24, 2.45) is 0 Å². The Balaban J connectivity index is 2.05. The van der Waals surface area contributed by atoms with E-state index < -0.39 is 0 Å². The summed E-state index contributed by atoms with van der Waals surface area (Å²) in [7, 11) is 1.60. The fraction of sp³-hybridized carbons (Fsp3) is 0.231. The Morgan fingerprint density at radius 2 is 2.32 bits per heavy atom. The number of nitrogens with one attached hydrogen (secondary N) is 3. The number of hydrogen-bond donors (Lipinski definition) is 4. The molecule has 0 radical (unpaired) electrons. The third-order valence-electron chi connectivity index (χ3n) is 2.75. The van der Waals surface area contributed by atoms with Crippen LogP contribution in [-0.2, 0) is 6.42 Å². The molecule has 0 saturated carbocycles. The summed E-state index contributed by atoms with van der Waals surface area (Å²) in [5.74, 6) is 0.762. The first-order valence-electron chi connectivity index (χ1n) is 6.04. The highest BCUT2D eigenvalue weighted by molar-refractivity contribution is 6.00. The first-order valence-corrected chi connectivity index (χ1v) is 6.04. The highest BCUT2D eigenvalue weighted by atomic mass is 16.1. The van der Waals surface area contributed by atoms with Crippen molar-refractivity contribution in [1.82, 2.24) is 15.3 Å². The van der Waals surface area contributed by atoms with Gasteiger partial charge in [-0.05, 0) is 18.2 Å². The first kappa shape index (κ1) is 12.9. The van der Waals surface area contributed by atoms with Crippen LogP contribution < -0.4 is 16.4 Å². The highest BCUT2D eigenvalue weighted by Crippen LogP contribution is 2.19. The standard InChI is InChI=1S/C13H17N5O/c1-15-13(19)10-3-2-9(14)8-11(10)16-5-4-12-17-6-7-18-12/h2-3,6-8,16H,4-5,14H2,1H3,(H,15,19)(H,17,18). The molecule has 1 aromatic heterocycles. The van der Waals surface area contributed by atoms with Gasteiger partial charge in [-0.25, -0.2) is 4.98 Å². The fourth-order valence-corrected chi connectivity index (χ4v) is 1.79. The number of aromatic amines is 1. The number of carbonyl (C=O) groups excluding carboxylic acids is 1. The molecule has 2 aromatic rings. The SMILES string of the molecule is CNC(=O)c1ccc(N)cc1NCCc1ncc[nH]1. The van der Waals surface area contributed by atoms with Gasteiger partial charge in [-0.15, -0.1) is 0 Å². The molecule has 1 heterocycles. The number of rotatable bonds is 5. The lowest BCUT2D eigenvalue weighted by molar-refractivity contribution is 0.0964. The third kappa shape index (κ3) is 3.25. The highest BCUT2D eigenvalue weighted by Gasteiger charge is 2.09. The Morgan fingerprint density at radius 3 is 3.00 bits per heavy atom. The average molecular weight is 259 g/mol. The van der Waals surface area contributed by atoms with E-state index in [4.69, 9.17) is 5.73 Å². The van der Waals surface area contributed by atoms with Crippen molar-refractivity contribution >= 4 is 17.3 Å². The summed E-state index contributed by atoms with van der Waals surface area (Å²) >= 11 is 0. The third-order valence-corrected chi connectivity index (χ3v) is 2.75. The Labute approximate surface area is 111 Å². The van der Waals surface area contributed by atoms with Gasteiger partial charge in [-0.3, -0.25) is 4.79 Å². The second-order valence-electron chi connectivity index (χ2n) is 4.10. The average Bonchev–Trinajstić information content (AvgIpc) is 2.91. The van der Waals surface area contributed by atoms with Gasteiger partial charge in [-0.1, -0.05) is 0 Å². The number of imidazole rings is 1. The quantitative estimate of drug-likeness (QED) is 0.602. The molecule has 19 heavy (non-hydrogen) atoms. The van der Waals surface area contributed by atoms with Crippen molar-refractivity contribution in [1.29, 1.82) is 0 Å². The molecule has 6 nitrogen and oxygen atoms in total. The van der Waals surface area contributed by atoms with Crippen molar-refractivity contribution in [2.75, 3.05) is 24.6 Å². The number of anilines is 2. The molecular formula is C13H17N5O. The van der Waals surface area contributed by atoms with E-state index in [9.17, 15) is 4.79 Å². The van der Waals surface area contributed by atoms with E-state index in [1.165, 1.54) is 0 Å². The molecular weight excluding hydrogens is 242 g/mol. The van der Waals surface area contributed by atoms with E-state index in [2.05, 4.69) is 20.6 Å². The zero-order valence-electron chi connectivity index (χ0n) is 10.7. The maximum atomic E-state index is 11.7. The number of amides is 1. The Morgan fingerprint density at radius 1 is 1.47 bits per heavy atom. The molecule has 0 saturated heterocycles. The summed E-state index contributed by atoms with van der Waals surface area (Å²) in [5, 5.41) is 5.81. The number of hydrogen-bond acceptors (Lipinski definition) is 4. The van der Waals surface area contributed by atoms with Crippen molar-refractivity contribution < 1.29 is 4.79 Å². The molecule has 100 valence electrons. The summed E-state index contributed by atoms with van der Waals surface area (Å²) in [4.78, 5) is 18.9. The van der Waals surface area contributed by atoms with E-state index >= 15 is 0 Å². The predicted molar refractivity (Wildman–Crippen MR) is 75.0 cm³/mol. The second kappa shape index (κ2) is 5.90. The molecule has 1 amide bonds. The van der Waals surface area contributed by atoms with Gasteiger partial charge in [0, 0.05) is 43.8 Å². The van der Waals surface area contributed by atoms with Gasteiger partial charge >= 0.3 is 0 Å². The van der Waals surface area contributed by atoms with Crippen molar-refractivity contribution in [3.05, 3.63) is 42.0 Å². The summed E-state index contributed by atoms with van der Waals surface area (Å²) in [6.07, 6.45) is 4.24. The van der Waals surface area contributed by atoms with Gasteiger partial charge < -0.3 is 21.4 Å². The molecule has 0 unspecified atom stereocenters. The normalized spacial score (nSPS) is 10.2.